The zero-order valence-corrected chi connectivity index (χ0v) is 11.3. The average molecular weight is 268 g/mol. The molecular weight excluding hydrogens is 252 g/mol. The molecule has 5 nitrogen and oxygen atoms in total. The second kappa shape index (κ2) is 5.71. The lowest BCUT2D eigenvalue weighted by Gasteiger charge is -1.95. The fourth-order valence-corrected chi connectivity index (χ4v) is 1.94. The molecule has 0 aliphatic heterocycles. The SMILES string of the molecule is CCNCc1coc(-n2cc(-c3ccccc3)cn2)n1. The molecule has 0 spiro atoms. The van der Waals surface area contributed by atoms with E-state index in [1.54, 1.807) is 10.9 Å². The predicted molar refractivity (Wildman–Crippen MR) is 76.4 cm³/mol. The Morgan fingerprint density at radius 2 is 2.05 bits per heavy atom. The molecule has 0 atom stereocenters. The van der Waals surface area contributed by atoms with E-state index in [9.17, 15) is 0 Å². The van der Waals surface area contributed by atoms with Gasteiger partial charge in [-0.15, -0.1) is 0 Å². The number of nitrogens with one attached hydrogen (secondary N) is 1. The summed E-state index contributed by atoms with van der Waals surface area (Å²) in [6.07, 6.45) is 5.38. The van der Waals surface area contributed by atoms with Crippen LogP contribution in [0.5, 0.6) is 0 Å². The maximum atomic E-state index is 5.45. The van der Waals surface area contributed by atoms with Crippen molar-refractivity contribution in [2.45, 2.75) is 13.5 Å². The highest BCUT2D eigenvalue weighted by Gasteiger charge is 2.08. The average Bonchev–Trinajstić information content (AvgIpc) is 3.15. The first-order chi connectivity index (χ1) is 9.86. The number of rotatable bonds is 5. The van der Waals surface area contributed by atoms with Gasteiger partial charge in [0, 0.05) is 18.3 Å². The molecular formula is C15H16N4O. The third kappa shape index (κ3) is 2.62. The third-order valence-electron chi connectivity index (χ3n) is 2.98. The minimum atomic E-state index is 0.486. The van der Waals surface area contributed by atoms with Gasteiger partial charge < -0.3 is 9.73 Å². The van der Waals surface area contributed by atoms with Gasteiger partial charge in [0.05, 0.1) is 11.9 Å². The van der Waals surface area contributed by atoms with Crippen LogP contribution >= 0.6 is 0 Å². The Morgan fingerprint density at radius 3 is 2.85 bits per heavy atom. The van der Waals surface area contributed by atoms with Crippen LogP contribution < -0.4 is 5.32 Å². The lowest BCUT2D eigenvalue weighted by Crippen LogP contribution is -2.12. The molecule has 0 radical (unpaired) electrons. The van der Waals surface area contributed by atoms with Crippen LogP contribution in [0.4, 0.5) is 0 Å². The van der Waals surface area contributed by atoms with E-state index in [2.05, 4.69) is 22.3 Å². The van der Waals surface area contributed by atoms with E-state index >= 15 is 0 Å². The minimum Gasteiger partial charge on any atom is -0.430 e. The molecule has 2 heterocycles. The molecule has 0 unspecified atom stereocenters. The van der Waals surface area contributed by atoms with Crippen molar-refractivity contribution in [1.29, 1.82) is 0 Å². The number of hydrogen-bond donors (Lipinski definition) is 1. The highest BCUT2D eigenvalue weighted by Crippen LogP contribution is 2.19. The number of benzene rings is 1. The minimum absolute atomic E-state index is 0.486. The summed E-state index contributed by atoms with van der Waals surface area (Å²) in [4.78, 5) is 4.40. The van der Waals surface area contributed by atoms with Crippen LogP contribution in [-0.4, -0.2) is 21.3 Å². The molecule has 0 aliphatic rings. The Kier molecular flexibility index (Phi) is 3.60. The molecule has 1 N–H and O–H groups in total. The lowest BCUT2D eigenvalue weighted by molar-refractivity contribution is 0.509. The molecule has 5 heteroatoms. The Morgan fingerprint density at radius 1 is 1.20 bits per heavy atom. The first-order valence-electron chi connectivity index (χ1n) is 6.62. The summed E-state index contributed by atoms with van der Waals surface area (Å²) >= 11 is 0. The lowest BCUT2D eigenvalue weighted by atomic mass is 10.1. The molecule has 3 rings (SSSR count). The van der Waals surface area contributed by atoms with Gasteiger partial charge in [0.15, 0.2) is 0 Å². The monoisotopic (exact) mass is 268 g/mol. The maximum absolute atomic E-state index is 5.45. The Bertz CT molecular complexity index is 672. The second-order valence-electron chi connectivity index (χ2n) is 4.44. The smallest absolute Gasteiger partial charge is 0.322 e. The van der Waals surface area contributed by atoms with E-state index in [4.69, 9.17) is 4.42 Å². The van der Waals surface area contributed by atoms with Crippen molar-refractivity contribution in [3.05, 3.63) is 54.7 Å². The van der Waals surface area contributed by atoms with Crippen molar-refractivity contribution in [2.24, 2.45) is 0 Å². The molecule has 0 amide bonds. The van der Waals surface area contributed by atoms with Gasteiger partial charge >= 0.3 is 6.01 Å². The van der Waals surface area contributed by atoms with Crippen molar-refractivity contribution in [2.75, 3.05) is 6.54 Å². The van der Waals surface area contributed by atoms with Crippen LogP contribution in [0.1, 0.15) is 12.6 Å². The molecule has 0 fully saturated rings. The Balaban J connectivity index is 1.81. The van der Waals surface area contributed by atoms with E-state index < -0.39 is 0 Å². The second-order valence-corrected chi connectivity index (χ2v) is 4.44. The first-order valence-corrected chi connectivity index (χ1v) is 6.62. The van der Waals surface area contributed by atoms with E-state index in [1.165, 1.54) is 0 Å². The quantitative estimate of drug-likeness (QED) is 0.773. The van der Waals surface area contributed by atoms with Gasteiger partial charge in [-0.1, -0.05) is 37.3 Å². The number of hydrogen-bond acceptors (Lipinski definition) is 4. The summed E-state index contributed by atoms with van der Waals surface area (Å²) in [5, 5.41) is 7.50. The molecule has 1 aromatic carbocycles. The molecule has 3 aromatic rings. The van der Waals surface area contributed by atoms with Gasteiger partial charge in [-0.2, -0.15) is 14.8 Å². The van der Waals surface area contributed by atoms with Crippen molar-refractivity contribution in [1.82, 2.24) is 20.1 Å². The maximum Gasteiger partial charge on any atom is 0.322 e. The van der Waals surface area contributed by atoms with Crippen LogP contribution in [-0.2, 0) is 6.54 Å². The van der Waals surface area contributed by atoms with Gasteiger partial charge in [-0.25, -0.2) is 0 Å². The van der Waals surface area contributed by atoms with Crippen LogP contribution in [0.2, 0.25) is 0 Å². The zero-order valence-electron chi connectivity index (χ0n) is 11.3. The molecule has 0 aliphatic carbocycles. The van der Waals surface area contributed by atoms with Crippen LogP contribution in [0.3, 0.4) is 0 Å². The Labute approximate surface area is 117 Å². The summed E-state index contributed by atoms with van der Waals surface area (Å²) in [7, 11) is 0. The highest BCUT2D eigenvalue weighted by atomic mass is 16.4. The number of aromatic nitrogens is 3. The zero-order chi connectivity index (χ0) is 13.8. The topological polar surface area (TPSA) is 55.9 Å². The fraction of sp³-hybridized carbons (Fsp3) is 0.200. The van der Waals surface area contributed by atoms with E-state index in [1.807, 2.05) is 42.7 Å². The van der Waals surface area contributed by atoms with Crippen LogP contribution in [0.15, 0.2) is 53.4 Å². The largest absolute Gasteiger partial charge is 0.430 e. The molecule has 0 saturated heterocycles. The molecule has 20 heavy (non-hydrogen) atoms. The molecule has 0 saturated carbocycles. The van der Waals surface area contributed by atoms with E-state index in [0.29, 0.717) is 12.6 Å². The van der Waals surface area contributed by atoms with E-state index in [-0.39, 0.29) is 0 Å². The van der Waals surface area contributed by atoms with Crippen molar-refractivity contribution in [3.63, 3.8) is 0 Å². The third-order valence-corrected chi connectivity index (χ3v) is 2.98. The van der Waals surface area contributed by atoms with E-state index in [0.717, 1.165) is 23.4 Å². The summed E-state index contributed by atoms with van der Waals surface area (Å²) in [6, 6.07) is 10.6. The van der Waals surface area contributed by atoms with Gasteiger partial charge in [-0.3, -0.25) is 0 Å². The van der Waals surface area contributed by atoms with Gasteiger partial charge in [0.25, 0.3) is 0 Å². The predicted octanol–water partition coefficient (Wildman–Crippen LogP) is 2.64. The first kappa shape index (κ1) is 12.6. The van der Waals surface area contributed by atoms with Crippen molar-refractivity contribution >= 4 is 0 Å². The summed E-state index contributed by atoms with van der Waals surface area (Å²) in [6.45, 7) is 3.66. The summed E-state index contributed by atoms with van der Waals surface area (Å²) in [5.41, 5.74) is 3.04. The summed E-state index contributed by atoms with van der Waals surface area (Å²) < 4.78 is 7.10. The highest BCUT2D eigenvalue weighted by molar-refractivity contribution is 5.61. The number of nitrogens with zero attached hydrogens (tertiary/aromatic N) is 3. The van der Waals surface area contributed by atoms with Crippen LogP contribution in [0.25, 0.3) is 17.1 Å². The molecule has 0 bridgehead atoms. The number of oxazole rings is 1. The van der Waals surface area contributed by atoms with Crippen molar-refractivity contribution in [3.8, 4) is 17.1 Å². The van der Waals surface area contributed by atoms with Crippen molar-refractivity contribution < 1.29 is 4.42 Å². The van der Waals surface area contributed by atoms with Gasteiger partial charge in [0.2, 0.25) is 0 Å². The molecule has 102 valence electrons. The van der Waals surface area contributed by atoms with Gasteiger partial charge in [-0.05, 0) is 12.1 Å². The Hall–Kier alpha value is -2.40. The summed E-state index contributed by atoms with van der Waals surface area (Å²) in [5.74, 6) is 0. The normalized spacial score (nSPS) is 10.8. The fourth-order valence-electron chi connectivity index (χ4n) is 1.94. The standard InChI is InChI=1S/C15H16N4O/c1-2-16-9-14-11-20-15(18-14)19-10-13(8-17-19)12-6-4-3-5-7-12/h3-8,10-11,16H,2,9H2,1H3. The van der Waals surface area contributed by atoms with Gasteiger partial charge in [0.1, 0.15) is 6.26 Å². The molecule has 2 aromatic heterocycles. The van der Waals surface area contributed by atoms with Crippen LogP contribution in [0, 0.1) is 0 Å².